The number of rotatable bonds is 6. The van der Waals surface area contributed by atoms with Crippen molar-refractivity contribution in [2.24, 2.45) is 5.92 Å². The van der Waals surface area contributed by atoms with Crippen LogP contribution in [-0.4, -0.2) is 18.4 Å². The Hall–Kier alpha value is 0.0231. The third-order valence-corrected chi connectivity index (χ3v) is 1.93. The number of carbonyl (C=O) groups excluding carboxylic acids is 2. The Kier molecular flexibility index (Phi) is 11.3. The topological polar surface area (TPSA) is 43.4 Å². The van der Waals surface area contributed by atoms with Crippen molar-refractivity contribution >= 4 is 11.8 Å². The van der Waals surface area contributed by atoms with Crippen LogP contribution < -0.4 is 0 Å². The van der Waals surface area contributed by atoms with Gasteiger partial charge in [0.2, 0.25) is 0 Å². The van der Waals surface area contributed by atoms with E-state index in [0.717, 1.165) is 12.8 Å². The Morgan fingerprint density at radius 1 is 1.29 bits per heavy atom. The van der Waals surface area contributed by atoms with Crippen molar-refractivity contribution in [3.8, 4) is 0 Å². The van der Waals surface area contributed by atoms with Gasteiger partial charge in [-0.15, -0.1) is 0 Å². The van der Waals surface area contributed by atoms with E-state index in [4.69, 9.17) is 4.74 Å². The van der Waals surface area contributed by atoms with Gasteiger partial charge in [-0.1, -0.05) is 20.3 Å². The summed E-state index contributed by atoms with van der Waals surface area (Å²) >= 11 is 0. The molecular weight excluding hydrogens is 259 g/mol. The number of unbranched alkanes of at least 4 members (excludes halogenated alkanes) is 1. The van der Waals surface area contributed by atoms with Gasteiger partial charge >= 0.3 is 5.97 Å². The molecule has 3 nitrogen and oxygen atoms in total. The number of carbonyl (C=O) groups is 2. The van der Waals surface area contributed by atoms with Crippen LogP contribution in [0.3, 0.4) is 0 Å². The first kappa shape index (κ1) is 16.5. The minimum absolute atomic E-state index is 0. The summed E-state index contributed by atoms with van der Waals surface area (Å²) in [6, 6.07) is 0. The predicted molar refractivity (Wildman–Crippen MR) is 50.3 cm³/mol. The van der Waals surface area contributed by atoms with E-state index < -0.39 is 5.92 Å². The fourth-order valence-electron chi connectivity index (χ4n) is 1.04. The average molecular weight is 277 g/mol. The molecule has 0 aromatic rings. The second-order valence-electron chi connectivity index (χ2n) is 3.09. The van der Waals surface area contributed by atoms with Crippen LogP contribution in [0.1, 0.15) is 40.0 Å². The molecule has 80 valence electrons. The molecule has 0 fully saturated rings. The SMILES string of the molecule is CCCCOC(=O)C(CC)C(C)=O.[Zr]. The van der Waals surface area contributed by atoms with Gasteiger partial charge in [0, 0.05) is 26.2 Å². The molecule has 1 unspecified atom stereocenters. The molecule has 14 heavy (non-hydrogen) atoms. The van der Waals surface area contributed by atoms with Gasteiger partial charge < -0.3 is 4.74 Å². The minimum Gasteiger partial charge on any atom is -0.465 e. The van der Waals surface area contributed by atoms with Crippen LogP contribution in [0.5, 0.6) is 0 Å². The van der Waals surface area contributed by atoms with Crippen molar-refractivity contribution in [1.29, 1.82) is 0 Å². The molecule has 0 aromatic heterocycles. The van der Waals surface area contributed by atoms with Gasteiger partial charge in [0.05, 0.1) is 6.61 Å². The van der Waals surface area contributed by atoms with Gasteiger partial charge in [0.25, 0.3) is 0 Å². The van der Waals surface area contributed by atoms with Crippen LogP contribution >= 0.6 is 0 Å². The summed E-state index contributed by atoms with van der Waals surface area (Å²) in [5, 5.41) is 0. The number of esters is 1. The Morgan fingerprint density at radius 3 is 2.21 bits per heavy atom. The Balaban J connectivity index is 0. The number of hydrogen-bond donors (Lipinski definition) is 0. The van der Waals surface area contributed by atoms with Crippen LogP contribution in [0.2, 0.25) is 0 Å². The van der Waals surface area contributed by atoms with Crippen LogP contribution in [0.4, 0.5) is 0 Å². The molecule has 0 rings (SSSR count). The fourth-order valence-corrected chi connectivity index (χ4v) is 1.04. The Morgan fingerprint density at radius 2 is 1.86 bits per heavy atom. The number of ketones is 1. The maximum absolute atomic E-state index is 11.2. The molecule has 4 heteroatoms. The van der Waals surface area contributed by atoms with Gasteiger partial charge in [-0.2, -0.15) is 0 Å². The molecule has 0 saturated carbocycles. The van der Waals surface area contributed by atoms with Crippen molar-refractivity contribution in [2.75, 3.05) is 6.61 Å². The Labute approximate surface area is 105 Å². The summed E-state index contributed by atoms with van der Waals surface area (Å²) < 4.78 is 4.94. The van der Waals surface area contributed by atoms with Crippen molar-refractivity contribution in [2.45, 2.75) is 40.0 Å². The molecule has 0 saturated heterocycles. The van der Waals surface area contributed by atoms with Crippen molar-refractivity contribution < 1.29 is 40.5 Å². The molecule has 1 atom stereocenters. The molecule has 0 spiro atoms. The maximum Gasteiger partial charge on any atom is 0.316 e. The molecule has 0 aliphatic rings. The smallest absolute Gasteiger partial charge is 0.316 e. The Bertz CT molecular complexity index is 180. The first-order chi connectivity index (χ1) is 6.13. The van der Waals surface area contributed by atoms with E-state index in [2.05, 4.69) is 0 Å². The zero-order valence-corrected chi connectivity index (χ0v) is 11.6. The molecule has 0 bridgehead atoms. The standard InChI is InChI=1S/C10H18O3.Zr/c1-4-6-7-13-10(12)9(5-2)8(3)11;/h9H,4-7H2,1-3H3;. The first-order valence-electron chi connectivity index (χ1n) is 4.80. The summed E-state index contributed by atoms with van der Waals surface area (Å²) in [7, 11) is 0. The average Bonchev–Trinajstić information content (AvgIpc) is 2.05. The van der Waals surface area contributed by atoms with Crippen LogP contribution in [0.25, 0.3) is 0 Å². The molecule has 0 amide bonds. The van der Waals surface area contributed by atoms with Crippen molar-refractivity contribution in [3.63, 3.8) is 0 Å². The normalized spacial score (nSPS) is 11.4. The largest absolute Gasteiger partial charge is 0.465 e. The second kappa shape index (κ2) is 9.57. The molecule has 0 N–H and O–H groups in total. The van der Waals surface area contributed by atoms with Crippen LogP contribution in [0.15, 0.2) is 0 Å². The monoisotopic (exact) mass is 276 g/mol. The van der Waals surface area contributed by atoms with Crippen molar-refractivity contribution in [3.05, 3.63) is 0 Å². The van der Waals surface area contributed by atoms with E-state index in [1.807, 2.05) is 13.8 Å². The van der Waals surface area contributed by atoms with E-state index in [1.54, 1.807) is 0 Å². The summed E-state index contributed by atoms with van der Waals surface area (Å²) in [5.41, 5.74) is 0. The fraction of sp³-hybridized carbons (Fsp3) is 0.800. The maximum atomic E-state index is 11.2. The zero-order valence-electron chi connectivity index (χ0n) is 9.13. The number of Topliss-reactive ketones (excluding diaryl/α,β-unsaturated/α-hetero) is 1. The minimum atomic E-state index is -0.558. The van der Waals surface area contributed by atoms with E-state index in [0.29, 0.717) is 13.0 Å². The third-order valence-electron chi connectivity index (χ3n) is 1.93. The molecule has 0 aliphatic heterocycles. The van der Waals surface area contributed by atoms with E-state index in [9.17, 15) is 9.59 Å². The van der Waals surface area contributed by atoms with Gasteiger partial charge in [0.15, 0.2) is 0 Å². The molecule has 0 aliphatic carbocycles. The summed E-state index contributed by atoms with van der Waals surface area (Å²) in [6.07, 6.45) is 2.38. The van der Waals surface area contributed by atoms with E-state index >= 15 is 0 Å². The van der Waals surface area contributed by atoms with Crippen molar-refractivity contribution in [1.82, 2.24) is 0 Å². The van der Waals surface area contributed by atoms with Gasteiger partial charge in [0.1, 0.15) is 11.7 Å². The molecular formula is C10H18O3Zr. The summed E-state index contributed by atoms with van der Waals surface area (Å²) in [5.74, 6) is -1.04. The quantitative estimate of drug-likeness (QED) is 0.423. The van der Waals surface area contributed by atoms with Gasteiger partial charge in [-0.3, -0.25) is 9.59 Å². The molecule has 0 heterocycles. The van der Waals surface area contributed by atoms with E-state index in [1.165, 1.54) is 6.92 Å². The number of hydrogen-bond acceptors (Lipinski definition) is 3. The zero-order chi connectivity index (χ0) is 10.3. The van der Waals surface area contributed by atoms with Crippen LogP contribution in [0, 0.1) is 5.92 Å². The third kappa shape index (κ3) is 6.47. The molecule has 0 aromatic carbocycles. The summed E-state index contributed by atoms with van der Waals surface area (Å²) in [6.45, 7) is 5.69. The van der Waals surface area contributed by atoms with E-state index in [-0.39, 0.29) is 38.0 Å². The first-order valence-corrected chi connectivity index (χ1v) is 4.80. The second-order valence-corrected chi connectivity index (χ2v) is 3.09. The molecule has 0 radical (unpaired) electrons. The predicted octanol–water partition coefficient (Wildman–Crippen LogP) is 1.94. The summed E-state index contributed by atoms with van der Waals surface area (Å²) in [4.78, 5) is 22.2. The van der Waals surface area contributed by atoms with Gasteiger partial charge in [-0.25, -0.2) is 0 Å². The van der Waals surface area contributed by atoms with Crippen LogP contribution in [-0.2, 0) is 40.5 Å². The number of ether oxygens (including phenoxy) is 1. The van der Waals surface area contributed by atoms with Gasteiger partial charge in [-0.05, 0) is 19.8 Å².